The maximum absolute atomic E-state index is 16.3. The van der Waals surface area contributed by atoms with E-state index in [0.717, 1.165) is 38.6 Å². The zero-order valence-corrected chi connectivity index (χ0v) is 26.1. The van der Waals surface area contributed by atoms with Gasteiger partial charge in [0.05, 0.1) is 28.5 Å². The Morgan fingerprint density at radius 1 is 1.00 bits per heavy atom. The fourth-order valence-corrected chi connectivity index (χ4v) is 6.11. The van der Waals surface area contributed by atoms with Crippen molar-refractivity contribution in [3.8, 4) is 33.9 Å². The van der Waals surface area contributed by atoms with Crippen molar-refractivity contribution in [2.24, 2.45) is 5.92 Å². The molecule has 1 aromatic carbocycles. The van der Waals surface area contributed by atoms with E-state index in [4.69, 9.17) is 4.98 Å². The Hall–Kier alpha value is -5.30. The van der Waals surface area contributed by atoms with Crippen LogP contribution in [0.1, 0.15) is 32.1 Å². The highest BCUT2D eigenvalue weighted by Crippen LogP contribution is 2.35. The molecule has 1 aliphatic carbocycles. The van der Waals surface area contributed by atoms with E-state index in [2.05, 4.69) is 40.8 Å². The summed E-state index contributed by atoms with van der Waals surface area (Å²) in [5.41, 5.74) is 4.41. The number of likely N-dealkylation sites (N-methyl/N-ethyl adjacent to an activating group) is 1. The van der Waals surface area contributed by atoms with Gasteiger partial charge in [-0.2, -0.15) is 5.10 Å². The number of H-pyrrole nitrogens is 2. The average molecular weight is 637 g/mol. The number of rotatable bonds is 9. The topological polar surface area (TPSA) is 140 Å². The summed E-state index contributed by atoms with van der Waals surface area (Å²) in [6.07, 6.45) is 11.1. The van der Waals surface area contributed by atoms with Crippen molar-refractivity contribution in [2.45, 2.75) is 32.1 Å². The third kappa shape index (κ3) is 6.26. The van der Waals surface area contributed by atoms with Crippen molar-refractivity contribution >= 4 is 39.3 Å². The second kappa shape index (κ2) is 12.8. The summed E-state index contributed by atoms with van der Waals surface area (Å²) in [6.45, 7) is 1.43. The first kappa shape index (κ1) is 30.4. The predicted molar refractivity (Wildman–Crippen MR) is 178 cm³/mol. The monoisotopic (exact) mass is 636 g/mol. The Bertz CT molecular complexity index is 2080. The van der Waals surface area contributed by atoms with Gasteiger partial charge >= 0.3 is 0 Å². The third-order valence-corrected chi connectivity index (χ3v) is 8.51. The normalized spacial score (nSPS) is 13.9. The minimum Gasteiger partial charge on any atom is -0.384 e. The molecule has 0 aliphatic heterocycles. The van der Waals surface area contributed by atoms with E-state index in [-0.39, 0.29) is 28.4 Å². The Labute approximate surface area is 269 Å². The van der Waals surface area contributed by atoms with Gasteiger partial charge in [-0.15, -0.1) is 0 Å². The lowest BCUT2D eigenvalue weighted by Crippen LogP contribution is -2.24. The second-order valence-corrected chi connectivity index (χ2v) is 12.2. The number of carbonyl (C=O) groups excluding carboxylic acids is 1. The number of nitrogens with one attached hydrogen (secondary N) is 4. The van der Waals surface area contributed by atoms with Crippen molar-refractivity contribution in [1.29, 1.82) is 0 Å². The molecule has 240 valence electrons. The molecule has 1 fully saturated rings. The molecule has 5 heterocycles. The Kier molecular flexibility index (Phi) is 8.29. The zero-order valence-electron chi connectivity index (χ0n) is 26.1. The highest BCUT2D eigenvalue weighted by atomic mass is 19.1. The van der Waals surface area contributed by atoms with Crippen LogP contribution in [-0.2, 0) is 4.79 Å². The summed E-state index contributed by atoms with van der Waals surface area (Å²) in [5, 5.41) is 13.5. The van der Waals surface area contributed by atoms with E-state index in [0.29, 0.717) is 57.3 Å². The lowest BCUT2D eigenvalue weighted by atomic mass is 9.88. The van der Waals surface area contributed by atoms with Crippen molar-refractivity contribution in [2.75, 3.05) is 37.8 Å². The summed E-state index contributed by atoms with van der Waals surface area (Å²) in [4.78, 5) is 36.1. The molecule has 1 aliphatic rings. The minimum absolute atomic E-state index is 0.0251. The van der Waals surface area contributed by atoms with Crippen LogP contribution in [0.2, 0.25) is 0 Å². The number of anilines is 2. The first-order valence-electron chi connectivity index (χ1n) is 15.7. The molecule has 0 saturated heterocycles. The summed E-state index contributed by atoms with van der Waals surface area (Å²) >= 11 is 0. The molecule has 5 aromatic heterocycles. The number of hydrogen-bond donors (Lipinski definition) is 4. The van der Waals surface area contributed by atoms with Crippen LogP contribution in [-0.4, -0.2) is 73.1 Å². The maximum Gasteiger partial charge on any atom is 0.227 e. The number of nitrogens with zero attached hydrogens (tertiary/aromatic N) is 6. The van der Waals surface area contributed by atoms with Gasteiger partial charge in [-0.25, -0.2) is 18.7 Å². The second-order valence-electron chi connectivity index (χ2n) is 12.2. The van der Waals surface area contributed by atoms with Crippen LogP contribution in [0, 0.1) is 17.6 Å². The van der Waals surface area contributed by atoms with E-state index in [1.54, 1.807) is 24.5 Å². The van der Waals surface area contributed by atoms with Crippen molar-refractivity contribution < 1.29 is 13.6 Å². The van der Waals surface area contributed by atoms with Crippen molar-refractivity contribution in [3.05, 3.63) is 66.8 Å². The van der Waals surface area contributed by atoms with E-state index >= 15 is 4.39 Å². The number of halogens is 2. The fourth-order valence-electron chi connectivity index (χ4n) is 6.11. The standard InChI is InChI=1S/C34H34F2N10O/c1-46(2)11-10-38-23-13-20(12-22(35)15-23)29-30-26(8-9-39-29)42-33(43-30)31-27-28(36)25(18-40-32(27)45-44-31)21-14-24(17-37-16-21)41-34(47)19-6-4-3-5-7-19/h8-9,12-19,38H,3-7,10-11H2,1-2H3,(H,41,47)(H,42,43)(H,40,44,45). The summed E-state index contributed by atoms with van der Waals surface area (Å²) in [7, 11) is 3.94. The van der Waals surface area contributed by atoms with Gasteiger partial charge in [0.25, 0.3) is 0 Å². The van der Waals surface area contributed by atoms with Gasteiger partial charge in [-0.1, -0.05) is 19.3 Å². The number of carbonyl (C=O) groups is 1. The van der Waals surface area contributed by atoms with Crippen LogP contribution in [0.5, 0.6) is 0 Å². The number of hydrogen-bond acceptors (Lipinski definition) is 8. The Morgan fingerprint density at radius 2 is 1.83 bits per heavy atom. The van der Waals surface area contributed by atoms with Crippen LogP contribution in [0.3, 0.4) is 0 Å². The molecule has 6 aromatic rings. The molecule has 0 bridgehead atoms. The van der Waals surface area contributed by atoms with Gasteiger partial charge in [-0.3, -0.25) is 19.9 Å². The van der Waals surface area contributed by atoms with E-state index in [1.165, 1.54) is 24.5 Å². The molecule has 1 saturated carbocycles. The number of amides is 1. The number of aromatic amines is 2. The molecule has 0 atom stereocenters. The van der Waals surface area contributed by atoms with Crippen LogP contribution >= 0.6 is 0 Å². The predicted octanol–water partition coefficient (Wildman–Crippen LogP) is 6.40. The number of imidazole rings is 1. The van der Waals surface area contributed by atoms with Crippen molar-refractivity contribution in [3.63, 3.8) is 0 Å². The van der Waals surface area contributed by atoms with Gasteiger partial charge in [0.15, 0.2) is 11.5 Å². The molecule has 4 N–H and O–H groups in total. The van der Waals surface area contributed by atoms with Crippen LogP contribution < -0.4 is 10.6 Å². The fraction of sp³-hybridized carbons (Fsp3) is 0.294. The van der Waals surface area contributed by atoms with Crippen LogP contribution in [0.15, 0.2) is 55.1 Å². The van der Waals surface area contributed by atoms with Gasteiger partial charge < -0.3 is 20.5 Å². The Morgan fingerprint density at radius 3 is 2.66 bits per heavy atom. The highest BCUT2D eigenvalue weighted by Gasteiger charge is 2.23. The van der Waals surface area contributed by atoms with E-state index in [9.17, 15) is 9.18 Å². The number of benzene rings is 1. The van der Waals surface area contributed by atoms with Crippen molar-refractivity contribution in [1.82, 2.24) is 40.0 Å². The molecule has 0 unspecified atom stereocenters. The number of aromatic nitrogens is 7. The van der Waals surface area contributed by atoms with E-state index < -0.39 is 11.6 Å². The lowest BCUT2D eigenvalue weighted by molar-refractivity contribution is -0.120. The molecular weight excluding hydrogens is 602 g/mol. The Balaban J connectivity index is 1.22. The summed E-state index contributed by atoms with van der Waals surface area (Å²) < 4.78 is 31.0. The molecule has 11 nitrogen and oxygen atoms in total. The van der Waals surface area contributed by atoms with Gasteiger partial charge in [0.1, 0.15) is 22.8 Å². The van der Waals surface area contributed by atoms with E-state index in [1.807, 2.05) is 25.1 Å². The SMILES string of the molecule is CN(C)CCNc1cc(F)cc(-c2nccc3[nH]c(-c4[nH]nc5ncc(-c6cncc(NC(=O)C7CCCCC7)c6)c(F)c45)nc23)c1. The highest BCUT2D eigenvalue weighted by molar-refractivity contribution is 5.97. The lowest BCUT2D eigenvalue weighted by Gasteiger charge is -2.20. The third-order valence-electron chi connectivity index (χ3n) is 8.51. The van der Waals surface area contributed by atoms with Gasteiger partial charge in [0.2, 0.25) is 5.91 Å². The van der Waals surface area contributed by atoms with Crippen LogP contribution in [0.25, 0.3) is 56.0 Å². The molecular formula is C34H34F2N10O. The molecule has 0 radical (unpaired) electrons. The zero-order chi connectivity index (χ0) is 32.5. The summed E-state index contributed by atoms with van der Waals surface area (Å²) in [5.74, 6) is -0.709. The average Bonchev–Trinajstić information content (AvgIpc) is 3.70. The largest absolute Gasteiger partial charge is 0.384 e. The molecule has 1 amide bonds. The van der Waals surface area contributed by atoms with Gasteiger partial charge in [0, 0.05) is 60.0 Å². The molecule has 0 spiro atoms. The number of pyridine rings is 3. The van der Waals surface area contributed by atoms with Crippen LogP contribution in [0.4, 0.5) is 20.2 Å². The molecule has 7 rings (SSSR count). The maximum atomic E-state index is 16.3. The minimum atomic E-state index is -0.561. The number of fused-ring (bicyclic) bond motifs is 2. The first-order chi connectivity index (χ1) is 22.8. The van der Waals surface area contributed by atoms with Gasteiger partial charge in [-0.05, 0) is 57.3 Å². The quantitative estimate of drug-likeness (QED) is 0.143. The smallest absolute Gasteiger partial charge is 0.227 e. The molecule has 13 heteroatoms. The molecule has 47 heavy (non-hydrogen) atoms. The first-order valence-corrected chi connectivity index (χ1v) is 15.7. The summed E-state index contributed by atoms with van der Waals surface area (Å²) in [6, 6.07) is 8.13.